The molecule has 28 heavy (non-hydrogen) atoms. The highest BCUT2D eigenvalue weighted by Gasteiger charge is 2.36. The van der Waals surface area contributed by atoms with E-state index in [2.05, 4.69) is 6.92 Å². The minimum Gasteiger partial charge on any atom is -0.392 e. The van der Waals surface area contributed by atoms with Crippen molar-refractivity contribution in [1.82, 2.24) is 4.90 Å². The van der Waals surface area contributed by atoms with Crippen LogP contribution in [0.5, 0.6) is 0 Å². The lowest BCUT2D eigenvalue weighted by atomic mass is 10.1. The van der Waals surface area contributed by atoms with Crippen LogP contribution < -0.4 is 0 Å². The van der Waals surface area contributed by atoms with Gasteiger partial charge in [0.2, 0.25) is 5.78 Å². The van der Waals surface area contributed by atoms with E-state index in [1.165, 1.54) is 25.7 Å². The number of nitrogens with zero attached hydrogens (tertiary/aromatic N) is 2. The average Bonchev–Trinajstić information content (AvgIpc) is 2.98. The van der Waals surface area contributed by atoms with E-state index in [-0.39, 0.29) is 25.4 Å². The van der Waals surface area contributed by atoms with E-state index < -0.39 is 22.0 Å². The molecule has 8 nitrogen and oxygen atoms in total. The lowest BCUT2D eigenvalue weighted by Crippen LogP contribution is -2.40. The van der Waals surface area contributed by atoms with Gasteiger partial charge in [0, 0.05) is 6.42 Å². The molecule has 0 aromatic carbocycles. The number of hydrogen-bond donors (Lipinski definition) is 3. The number of carbonyl (C=O) groups excluding carboxylic acids is 1. The number of ketones is 1. The average molecular weight is 420 g/mol. The monoisotopic (exact) mass is 419 g/mol. The Morgan fingerprint density at radius 1 is 1.25 bits per heavy atom. The van der Waals surface area contributed by atoms with Crippen molar-refractivity contribution in [3.8, 4) is 0 Å². The van der Waals surface area contributed by atoms with E-state index in [0.717, 1.165) is 12.8 Å². The molecule has 0 saturated heterocycles. The van der Waals surface area contributed by atoms with Crippen LogP contribution >= 0.6 is 0 Å². The Balaban J connectivity index is 2.65. The summed E-state index contributed by atoms with van der Waals surface area (Å²) in [6.07, 6.45) is 9.69. The molecule has 1 aliphatic rings. The summed E-state index contributed by atoms with van der Waals surface area (Å²) in [4.78, 5) is 14.4. The molecule has 0 aromatic heterocycles. The summed E-state index contributed by atoms with van der Waals surface area (Å²) < 4.78 is 32.4. The first-order valence-electron chi connectivity index (χ1n) is 10.1. The lowest BCUT2D eigenvalue weighted by Gasteiger charge is -2.12. The number of rotatable bonds is 15. The highest BCUT2D eigenvalue weighted by Crippen LogP contribution is 2.09. The van der Waals surface area contributed by atoms with Gasteiger partial charge in [0.25, 0.3) is 10.1 Å². The smallest absolute Gasteiger partial charge is 0.316 e. The summed E-state index contributed by atoms with van der Waals surface area (Å²) >= 11 is 0. The highest BCUT2D eigenvalue weighted by atomic mass is 32.2. The van der Waals surface area contributed by atoms with E-state index >= 15 is 0 Å². The molecule has 0 saturated carbocycles. The summed E-state index contributed by atoms with van der Waals surface area (Å²) in [5.41, 5.74) is 0. The SMILES string of the molecule is CCCCCCC/C=C/CC(=O)C1=[N+](CC(O)CS(=O)(=O)O)CCN1CCO. The van der Waals surface area contributed by atoms with Gasteiger partial charge in [0.15, 0.2) is 0 Å². The molecule has 0 aromatic rings. The maximum atomic E-state index is 12.7. The zero-order chi connectivity index (χ0) is 21.0. The third-order valence-corrected chi connectivity index (χ3v) is 5.44. The van der Waals surface area contributed by atoms with Crippen molar-refractivity contribution in [3.05, 3.63) is 12.2 Å². The van der Waals surface area contributed by atoms with Crippen LogP contribution in [0.1, 0.15) is 51.9 Å². The maximum absolute atomic E-state index is 12.7. The predicted octanol–water partition coefficient (Wildman–Crippen LogP) is 0.830. The summed E-state index contributed by atoms with van der Waals surface area (Å²) in [5, 5.41) is 19.1. The van der Waals surface area contributed by atoms with E-state index in [1.807, 2.05) is 12.2 Å². The molecule has 3 N–H and O–H groups in total. The first-order valence-corrected chi connectivity index (χ1v) is 11.7. The number of aliphatic hydroxyl groups excluding tert-OH is 2. The summed E-state index contributed by atoms with van der Waals surface area (Å²) in [5.74, 6) is -0.522. The van der Waals surface area contributed by atoms with Crippen LogP contribution in [0.2, 0.25) is 0 Å². The van der Waals surface area contributed by atoms with Gasteiger partial charge >= 0.3 is 5.84 Å². The quantitative estimate of drug-likeness (QED) is 0.156. The number of β-amino-alcohol motifs (C(OH)–C–C–N with tert-alkyl or cyclic N) is 2. The van der Waals surface area contributed by atoms with Crippen molar-refractivity contribution >= 4 is 21.7 Å². The van der Waals surface area contributed by atoms with Crippen molar-refractivity contribution < 1.29 is 32.6 Å². The number of unbranched alkanes of at least 4 members (excludes halogenated alkanes) is 5. The van der Waals surface area contributed by atoms with Crippen LogP contribution in [0.15, 0.2) is 12.2 Å². The van der Waals surface area contributed by atoms with Crippen molar-refractivity contribution in [2.75, 3.05) is 38.5 Å². The normalized spacial score (nSPS) is 16.4. The standard InChI is InChI=1S/C19H34N2O6S/c1-2-3-4-5-6-7-8-9-10-18(24)19-20(13-14-22)11-12-21(19)15-17(23)16-28(25,26)27/h8-9,17,22-23H,2-7,10-16H2,1H3/p+1/b9-8+. The van der Waals surface area contributed by atoms with Gasteiger partial charge in [-0.15, -0.1) is 0 Å². The Labute approximate surface area is 168 Å². The number of carbonyl (C=O) groups is 1. The zero-order valence-corrected chi connectivity index (χ0v) is 17.6. The van der Waals surface area contributed by atoms with Crippen LogP contribution in [0.4, 0.5) is 0 Å². The fourth-order valence-electron chi connectivity index (χ4n) is 3.34. The first-order chi connectivity index (χ1) is 13.3. The molecular formula is C19H35N2O6S+. The van der Waals surface area contributed by atoms with Gasteiger partial charge in [-0.3, -0.25) is 18.8 Å². The fourth-order valence-corrected chi connectivity index (χ4v) is 3.93. The second kappa shape index (κ2) is 13.0. The summed E-state index contributed by atoms with van der Waals surface area (Å²) in [6, 6.07) is 0. The molecule has 0 spiro atoms. The molecule has 0 aliphatic carbocycles. The van der Waals surface area contributed by atoms with E-state index in [4.69, 9.17) is 4.55 Å². The second-order valence-electron chi connectivity index (χ2n) is 7.18. The van der Waals surface area contributed by atoms with Gasteiger partial charge in [-0.2, -0.15) is 8.42 Å². The Kier molecular flexibility index (Phi) is 11.5. The Morgan fingerprint density at radius 2 is 1.96 bits per heavy atom. The zero-order valence-electron chi connectivity index (χ0n) is 16.8. The fraction of sp³-hybridized carbons (Fsp3) is 0.789. The van der Waals surface area contributed by atoms with Crippen LogP contribution in [0.3, 0.4) is 0 Å². The van der Waals surface area contributed by atoms with Crippen LogP contribution in [0.25, 0.3) is 0 Å². The Morgan fingerprint density at radius 3 is 2.61 bits per heavy atom. The molecule has 0 amide bonds. The molecule has 0 fully saturated rings. The van der Waals surface area contributed by atoms with Gasteiger partial charge in [0.1, 0.15) is 38.0 Å². The van der Waals surface area contributed by atoms with Gasteiger partial charge in [-0.1, -0.05) is 44.8 Å². The van der Waals surface area contributed by atoms with Gasteiger partial charge in [-0.05, 0) is 12.8 Å². The summed E-state index contributed by atoms with van der Waals surface area (Å²) in [6.45, 7) is 3.27. The summed E-state index contributed by atoms with van der Waals surface area (Å²) in [7, 11) is -4.29. The molecule has 1 rings (SSSR count). The number of hydrogen-bond acceptors (Lipinski definition) is 6. The van der Waals surface area contributed by atoms with Crippen molar-refractivity contribution in [2.24, 2.45) is 0 Å². The molecule has 1 unspecified atom stereocenters. The van der Waals surface area contributed by atoms with Gasteiger partial charge < -0.3 is 10.2 Å². The molecule has 162 valence electrons. The Bertz CT molecular complexity index is 645. The molecule has 9 heteroatoms. The molecule has 1 atom stereocenters. The van der Waals surface area contributed by atoms with Crippen molar-refractivity contribution in [2.45, 2.75) is 58.0 Å². The molecule has 0 bridgehead atoms. The van der Waals surface area contributed by atoms with E-state index in [1.54, 1.807) is 9.48 Å². The second-order valence-corrected chi connectivity index (χ2v) is 8.68. The maximum Gasteiger partial charge on any atom is 0.316 e. The number of Topliss-reactive ketones (excluding diaryl/α,β-unsaturated/α-hetero) is 1. The predicted molar refractivity (Wildman–Crippen MR) is 108 cm³/mol. The highest BCUT2D eigenvalue weighted by molar-refractivity contribution is 7.85. The molecule has 1 heterocycles. The third-order valence-electron chi connectivity index (χ3n) is 4.64. The van der Waals surface area contributed by atoms with Crippen molar-refractivity contribution in [3.63, 3.8) is 0 Å². The van der Waals surface area contributed by atoms with Crippen molar-refractivity contribution in [1.29, 1.82) is 0 Å². The number of amidine groups is 1. The lowest BCUT2D eigenvalue weighted by molar-refractivity contribution is -0.525. The third kappa shape index (κ3) is 9.77. The topological polar surface area (TPSA) is 118 Å². The van der Waals surface area contributed by atoms with Gasteiger partial charge in [0.05, 0.1) is 6.61 Å². The molecule has 0 radical (unpaired) electrons. The Hall–Kier alpha value is -1.29. The minimum absolute atomic E-state index is 0.0655. The minimum atomic E-state index is -4.29. The number of aliphatic hydroxyl groups is 2. The van der Waals surface area contributed by atoms with E-state index in [9.17, 15) is 23.4 Å². The van der Waals surface area contributed by atoms with Gasteiger partial charge in [-0.25, -0.2) is 0 Å². The largest absolute Gasteiger partial charge is 0.392 e. The van der Waals surface area contributed by atoms with Crippen LogP contribution in [-0.4, -0.2) is 88.9 Å². The molecular weight excluding hydrogens is 384 g/mol. The first kappa shape index (κ1) is 24.7. The van der Waals surface area contributed by atoms with Crippen LogP contribution in [0, 0.1) is 0 Å². The van der Waals surface area contributed by atoms with E-state index in [0.29, 0.717) is 25.5 Å². The van der Waals surface area contributed by atoms with Crippen LogP contribution in [-0.2, 0) is 14.9 Å². The molecule has 1 aliphatic heterocycles. The number of allylic oxidation sites excluding steroid dienone is 2.